The molecule has 0 amide bonds. The Morgan fingerprint density at radius 2 is 2.10 bits per heavy atom. The predicted octanol–water partition coefficient (Wildman–Crippen LogP) is 1.76. The summed E-state index contributed by atoms with van der Waals surface area (Å²) < 4.78 is 27.5. The van der Waals surface area contributed by atoms with Crippen molar-refractivity contribution in [2.75, 3.05) is 0 Å². The maximum absolute atomic E-state index is 12.3. The average Bonchev–Trinajstić information content (AvgIpc) is 2.75. The zero-order valence-electron chi connectivity index (χ0n) is 10.5. The Morgan fingerprint density at radius 1 is 1.45 bits per heavy atom. The van der Waals surface area contributed by atoms with E-state index in [4.69, 9.17) is 10.8 Å². The van der Waals surface area contributed by atoms with Gasteiger partial charge in [0.15, 0.2) is 0 Å². The molecule has 2 rings (SSSR count). The smallest absolute Gasteiger partial charge is 0.345 e. The molecule has 1 saturated carbocycles. The van der Waals surface area contributed by atoms with Gasteiger partial charge in [-0.05, 0) is 34.8 Å². The third-order valence-corrected chi connectivity index (χ3v) is 7.01. The largest absolute Gasteiger partial charge is 0.477 e. The molecule has 0 bridgehead atoms. The van der Waals surface area contributed by atoms with Gasteiger partial charge in [-0.1, -0.05) is 12.8 Å². The Bertz CT molecular complexity index is 614. The van der Waals surface area contributed by atoms with Gasteiger partial charge in [0.25, 0.3) is 0 Å². The maximum atomic E-state index is 12.3. The fourth-order valence-corrected chi connectivity index (χ4v) is 5.93. The van der Waals surface area contributed by atoms with Crippen molar-refractivity contribution in [3.05, 3.63) is 14.7 Å². The monoisotopic (exact) mass is 382 g/mol. The Kier molecular flexibility index (Phi) is 4.85. The van der Waals surface area contributed by atoms with Crippen molar-refractivity contribution in [1.82, 2.24) is 4.72 Å². The van der Waals surface area contributed by atoms with Crippen molar-refractivity contribution >= 4 is 43.3 Å². The first-order valence-electron chi connectivity index (χ1n) is 6.12. The van der Waals surface area contributed by atoms with E-state index in [1.807, 2.05) is 0 Å². The van der Waals surface area contributed by atoms with E-state index in [2.05, 4.69) is 20.7 Å². The first kappa shape index (κ1) is 15.9. The molecule has 9 heteroatoms. The highest BCUT2D eigenvalue weighted by Crippen LogP contribution is 2.32. The van der Waals surface area contributed by atoms with Gasteiger partial charge in [0.2, 0.25) is 10.0 Å². The summed E-state index contributed by atoms with van der Waals surface area (Å²) in [6.45, 7) is 0. The zero-order valence-corrected chi connectivity index (χ0v) is 13.7. The number of thiophene rings is 1. The lowest BCUT2D eigenvalue weighted by Crippen LogP contribution is -2.49. The number of hydrogen-bond acceptors (Lipinski definition) is 5. The minimum absolute atomic E-state index is 0.0230. The summed E-state index contributed by atoms with van der Waals surface area (Å²) in [7, 11) is -3.77. The molecule has 20 heavy (non-hydrogen) atoms. The van der Waals surface area contributed by atoms with Crippen molar-refractivity contribution in [3.8, 4) is 0 Å². The number of rotatable bonds is 4. The van der Waals surface area contributed by atoms with Gasteiger partial charge in [-0.25, -0.2) is 17.9 Å². The molecule has 0 aliphatic heterocycles. The molecule has 1 aliphatic carbocycles. The Morgan fingerprint density at radius 3 is 2.65 bits per heavy atom. The summed E-state index contributed by atoms with van der Waals surface area (Å²) in [6.07, 6.45) is 3.43. The van der Waals surface area contributed by atoms with Gasteiger partial charge in [-0.15, -0.1) is 11.3 Å². The molecular weight excluding hydrogens is 368 g/mol. The topological polar surface area (TPSA) is 109 Å². The number of carboxylic acid groups (broad SMARTS) is 1. The molecule has 112 valence electrons. The van der Waals surface area contributed by atoms with Crippen LogP contribution in [-0.2, 0) is 10.0 Å². The van der Waals surface area contributed by atoms with Crippen LogP contribution in [0.3, 0.4) is 0 Å². The molecule has 0 saturated heterocycles. The van der Waals surface area contributed by atoms with Crippen LogP contribution in [0.5, 0.6) is 0 Å². The standard InChI is InChI=1S/C11H15BrN2O4S2/c12-10-9(5-8(19-10)11(15)16)20(17,18)14-7-4-2-1-3-6(7)13/h5-7,14H,1-4,13H2,(H,15,16). The second kappa shape index (κ2) is 6.10. The average molecular weight is 383 g/mol. The summed E-state index contributed by atoms with van der Waals surface area (Å²) >= 11 is 3.98. The fourth-order valence-electron chi connectivity index (χ4n) is 2.21. The second-order valence-electron chi connectivity index (χ2n) is 4.73. The number of carbonyl (C=O) groups is 1. The highest BCUT2D eigenvalue weighted by atomic mass is 79.9. The van der Waals surface area contributed by atoms with E-state index >= 15 is 0 Å². The zero-order chi connectivity index (χ0) is 14.9. The molecule has 2 unspecified atom stereocenters. The number of nitrogens with one attached hydrogen (secondary N) is 1. The number of halogens is 1. The lowest BCUT2D eigenvalue weighted by molar-refractivity contribution is 0.0702. The molecule has 0 radical (unpaired) electrons. The molecular formula is C11H15BrN2O4S2. The molecule has 1 aromatic heterocycles. The van der Waals surface area contributed by atoms with Crippen molar-refractivity contribution < 1.29 is 18.3 Å². The summed E-state index contributed by atoms with van der Waals surface area (Å²) in [6, 6.07) is 0.664. The van der Waals surface area contributed by atoms with Crippen molar-refractivity contribution in [2.24, 2.45) is 5.73 Å². The number of hydrogen-bond donors (Lipinski definition) is 3. The molecule has 0 spiro atoms. The minimum Gasteiger partial charge on any atom is -0.477 e. The fraction of sp³-hybridized carbons (Fsp3) is 0.545. The molecule has 1 aromatic rings. The summed E-state index contributed by atoms with van der Waals surface area (Å²) in [4.78, 5) is 10.8. The van der Waals surface area contributed by atoms with Crippen molar-refractivity contribution in [1.29, 1.82) is 0 Å². The molecule has 1 aliphatic rings. The van der Waals surface area contributed by atoms with Gasteiger partial charge >= 0.3 is 5.97 Å². The molecule has 2 atom stereocenters. The molecule has 4 N–H and O–H groups in total. The third kappa shape index (κ3) is 3.40. The van der Waals surface area contributed by atoms with E-state index in [0.29, 0.717) is 6.42 Å². The molecule has 0 aromatic carbocycles. The SMILES string of the molecule is NC1CCCCC1NS(=O)(=O)c1cc(C(=O)O)sc1Br. The lowest BCUT2D eigenvalue weighted by atomic mass is 9.92. The van der Waals surface area contributed by atoms with Crippen LogP contribution in [0.2, 0.25) is 0 Å². The van der Waals surface area contributed by atoms with Crippen LogP contribution in [0, 0.1) is 0 Å². The maximum Gasteiger partial charge on any atom is 0.345 e. The van der Waals surface area contributed by atoms with Gasteiger partial charge in [-0.3, -0.25) is 0 Å². The van der Waals surface area contributed by atoms with Gasteiger partial charge in [-0.2, -0.15) is 0 Å². The first-order valence-corrected chi connectivity index (χ1v) is 9.21. The van der Waals surface area contributed by atoms with Crippen molar-refractivity contribution in [2.45, 2.75) is 42.7 Å². The second-order valence-corrected chi connectivity index (χ2v) is 8.78. The van der Waals surface area contributed by atoms with Crippen LogP contribution in [0.4, 0.5) is 0 Å². The first-order chi connectivity index (χ1) is 9.31. The minimum atomic E-state index is -3.77. The van der Waals surface area contributed by atoms with Crippen LogP contribution in [0.1, 0.15) is 35.4 Å². The van der Waals surface area contributed by atoms with Crippen molar-refractivity contribution in [3.63, 3.8) is 0 Å². The number of sulfonamides is 1. The van der Waals surface area contributed by atoms with E-state index in [1.54, 1.807) is 0 Å². The Labute approximate surface area is 129 Å². The van der Waals surface area contributed by atoms with Gasteiger partial charge in [0.1, 0.15) is 9.77 Å². The number of nitrogens with two attached hydrogens (primary N) is 1. The van der Waals surface area contributed by atoms with Gasteiger partial charge in [0.05, 0.1) is 3.79 Å². The van der Waals surface area contributed by atoms with E-state index < -0.39 is 16.0 Å². The Hall–Kier alpha value is -0.480. The number of aromatic carboxylic acids is 1. The normalized spacial score (nSPS) is 23.7. The van der Waals surface area contributed by atoms with Gasteiger partial charge < -0.3 is 10.8 Å². The quantitative estimate of drug-likeness (QED) is 0.734. The summed E-state index contributed by atoms with van der Waals surface area (Å²) in [5.41, 5.74) is 5.93. The molecule has 1 fully saturated rings. The van der Waals surface area contributed by atoms with E-state index in [1.165, 1.54) is 0 Å². The Balaban J connectivity index is 2.24. The van der Waals surface area contributed by atoms with Crippen LogP contribution < -0.4 is 10.5 Å². The van der Waals surface area contributed by atoms with Gasteiger partial charge in [0, 0.05) is 12.1 Å². The van der Waals surface area contributed by atoms with E-state index in [0.717, 1.165) is 36.7 Å². The third-order valence-electron chi connectivity index (χ3n) is 3.28. The lowest BCUT2D eigenvalue weighted by Gasteiger charge is -2.28. The van der Waals surface area contributed by atoms with Crippen LogP contribution in [0.25, 0.3) is 0 Å². The highest BCUT2D eigenvalue weighted by Gasteiger charge is 2.29. The predicted molar refractivity (Wildman–Crippen MR) is 79.5 cm³/mol. The summed E-state index contributed by atoms with van der Waals surface area (Å²) in [5, 5.41) is 8.91. The van der Waals surface area contributed by atoms with Crippen LogP contribution in [-0.4, -0.2) is 31.6 Å². The highest BCUT2D eigenvalue weighted by molar-refractivity contribution is 9.11. The number of carboxylic acids is 1. The van der Waals surface area contributed by atoms with Crippen LogP contribution >= 0.6 is 27.3 Å². The molecule has 6 nitrogen and oxygen atoms in total. The van der Waals surface area contributed by atoms with Crippen LogP contribution in [0.15, 0.2) is 14.7 Å². The van der Waals surface area contributed by atoms with E-state index in [-0.39, 0.29) is 25.6 Å². The van der Waals surface area contributed by atoms with E-state index in [9.17, 15) is 13.2 Å². The molecule has 1 heterocycles. The summed E-state index contributed by atoms with van der Waals surface area (Å²) in [5.74, 6) is -1.15.